The Kier molecular flexibility index (Phi) is 12.5. The van der Waals surface area contributed by atoms with Gasteiger partial charge in [0.05, 0.1) is 6.42 Å². The van der Waals surface area contributed by atoms with E-state index in [2.05, 4.69) is 29.8 Å². The van der Waals surface area contributed by atoms with Gasteiger partial charge in [-0.25, -0.2) is 9.59 Å². The van der Waals surface area contributed by atoms with Crippen molar-refractivity contribution in [2.75, 3.05) is 13.2 Å². The van der Waals surface area contributed by atoms with Crippen LogP contribution in [0.2, 0.25) is 0 Å². The maximum atomic E-state index is 11.4. The number of amides is 1. The Labute approximate surface area is 152 Å². The molecule has 0 rings (SSSR count). The molecule has 0 aromatic carbocycles. The Morgan fingerprint density at radius 1 is 1.32 bits per heavy atom. The highest BCUT2D eigenvalue weighted by molar-refractivity contribution is 7.82. The number of aliphatic hydroxyl groups excluding tert-OH is 1. The summed E-state index contributed by atoms with van der Waals surface area (Å²) in [4.78, 5) is 29.9. The van der Waals surface area contributed by atoms with E-state index >= 15 is 0 Å². The molecule has 0 radical (unpaired) electrons. The average Bonchev–Trinajstić information content (AvgIpc) is 2.43. The highest BCUT2D eigenvalue weighted by atomic mass is 32.1. The van der Waals surface area contributed by atoms with Crippen LogP contribution < -0.4 is 5.32 Å². The number of carboxylic acid groups (broad SMARTS) is 1. The highest BCUT2D eigenvalue weighted by Crippen LogP contribution is 2.17. The van der Waals surface area contributed by atoms with Crippen molar-refractivity contribution in [2.24, 2.45) is 0 Å². The summed E-state index contributed by atoms with van der Waals surface area (Å²) in [6.45, 7) is 6.64. The van der Waals surface area contributed by atoms with Crippen LogP contribution in [0.25, 0.3) is 0 Å². The third kappa shape index (κ3) is 15.3. The lowest BCUT2D eigenvalue weighted by molar-refractivity contribution is -0.480. The van der Waals surface area contributed by atoms with Crippen molar-refractivity contribution in [1.82, 2.24) is 5.32 Å². The molecule has 0 bridgehead atoms. The number of nitrogens with one attached hydrogen (secondary N) is 1. The molecule has 0 aliphatic carbocycles. The number of ether oxygens (including phenoxy) is 1. The third-order valence-corrected chi connectivity index (χ3v) is 2.79. The van der Waals surface area contributed by atoms with E-state index in [9.17, 15) is 19.7 Å². The number of nitrogens with zero attached hydrogens (tertiary/aromatic N) is 1. The van der Waals surface area contributed by atoms with Crippen LogP contribution in [0.5, 0.6) is 0 Å². The minimum Gasteiger partial charge on any atom is -0.479 e. The molecule has 1 atom stereocenters. The molecular weight excluding hydrogens is 352 g/mol. The molecule has 0 aromatic rings. The summed E-state index contributed by atoms with van der Waals surface area (Å²) in [5.74, 6) is 3.82. The van der Waals surface area contributed by atoms with Crippen LogP contribution in [0.3, 0.4) is 0 Å². The first-order chi connectivity index (χ1) is 11.4. The average molecular weight is 378 g/mol. The van der Waals surface area contributed by atoms with Gasteiger partial charge in [-0.1, -0.05) is 5.92 Å². The summed E-state index contributed by atoms with van der Waals surface area (Å²) < 4.78 is 4.95. The van der Waals surface area contributed by atoms with Crippen molar-refractivity contribution in [1.29, 1.82) is 0 Å². The SMILES string of the molecule is CC#CCC(S)(NC(=O)OC(C)(C)C)C(=O)O.O=[N+]([O-])CCCCO. The number of alkyl carbamates (subject to hydrolysis) is 1. The van der Waals surface area contributed by atoms with Crippen LogP contribution in [0.4, 0.5) is 4.79 Å². The zero-order valence-corrected chi connectivity index (χ0v) is 15.8. The second-order valence-corrected chi connectivity index (χ2v) is 6.65. The summed E-state index contributed by atoms with van der Waals surface area (Å²) in [7, 11) is 0. The van der Waals surface area contributed by atoms with Gasteiger partial charge in [0, 0.05) is 18.0 Å². The van der Waals surface area contributed by atoms with Crippen LogP contribution in [0, 0.1) is 22.0 Å². The number of aliphatic carboxylic acids is 1. The standard InChI is InChI=1S/C11H17NO4S.C4H9NO3/c1-5-6-7-11(17,8(13)14)12-9(15)16-10(2,3)4;6-4-2-1-3-5(7)8/h17H,7H2,1-4H3,(H,12,15)(H,13,14);6H,1-4H2. The van der Waals surface area contributed by atoms with Crippen LogP contribution in [-0.2, 0) is 9.53 Å². The molecule has 10 heteroatoms. The van der Waals surface area contributed by atoms with Crippen molar-refractivity contribution >= 4 is 24.7 Å². The Balaban J connectivity index is 0. The number of nitro groups is 1. The maximum absolute atomic E-state index is 11.4. The summed E-state index contributed by atoms with van der Waals surface area (Å²) in [5, 5.41) is 28.9. The van der Waals surface area contributed by atoms with Crippen LogP contribution in [0.15, 0.2) is 0 Å². The van der Waals surface area contributed by atoms with Crippen LogP contribution in [-0.4, -0.2) is 50.8 Å². The fraction of sp³-hybridized carbons (Fsp3) is 0.733. The van der Waals surface area contributed by atoms with E-state index in [4.69, 9.17) is 14.9 Å². The Hall–Kier alpha value is -1.99. The number of carboxylic acids is 1. The Morgan fingerprint density at radius 3 is 2.24 bits per heavy atom. The topological polar surface area (TPSA) is 139 Å². The molecule has 3 N–H and O–H groups in total. The van der Waals surface area contributed by atoms with Gasteiger partial charge in [-0.05, 0) is 34.1 Å². The Bertz CT molecular complexity index is 508. The number of unbranched alkanes of at least 4 members (excludes halogenated alkanes) is 1. The monoisotopic (exact) mass is 378 g/mol. The third-order valence-electron chi connectivity index (χ3n) is 2.33. The largest absolute Gasteiger partial charge is 0.479 e. The molecule has 0 fully saturated rings. The number of carbonyl (C=O) groups excluding carboxylic acids is 1. The van der Waals surface area contributed by atoms with Crippen molar-refractivity contribution < 1.29 is 29.5 Å². The van der Waals surface area contributed by atoms with Gasteiger partial charge in [0.25, 0.3) is 0 Å². The normalized spacial score (nSPS) is 12.4. The fourth-order valence-electron chi connectivity index (χ4n) is 1.21. The quantitative estimate of drug-likeness (QED) is 0.132. The predicted octanol–water partition coefficient (Wildman–Crippen LogP) is 1.67. The van der Waals surface area contributed by atoms with Gasteiger partial charge in [-0.2, -0.15) is 0 Å². The van der Waals surface area contributed by atoms with E-state index in [-0.39, 0.29) is 24.5 Å². The lowest BCUT2D eigenvalue weighted by atomic mass is 10.2. The van der Waals surface area contributed by atoms with Gasteiger partial charge < -0.3 is 14.9 Å². The fourth-order valence-corrected chi connectivity index (χ4v) is 1.39. The van der Waals surface area contributed by atoms with Gasteiger partial charge in [-0.15, -0.1) is 18.5 Å². The molecule has 0 spiro atoms. The van der Waals surface area contributed by atoms with Gasteiger partial charge in [-0.3, -0.25) is 15.4 Å². The van der Waals surface area contributed by atoms with Gasteiger partial charge in [0.2, 0.25) is 6.54 Å². The lowest BCUT2D eigenvalue weighted by Gasteiger charge is -2.26. The highest BCUT2D eigenvalue weighted by Gasteiger charge is 2.37. The minimum atomic E-state index is -1.74. The van der Waals surface area contributed by atoms with Crippen molar-refractivity contribution in [2.45, 2.75) is 57.4 Å². The molecular formula is C15H26N2O7S. The van der Waals surface area contributed by atoms with Crippen molar-refractivity contribution in [3.05, 3.63) is 10.1 Å². The number of carbonyl (C=O) groups is 2. The van der Waals surface area contributed by atoms with Gasteiger partial charge in [0.15, 0.2) is 4.87 Å². The second kappa shape index (κ2) is 12.4. The molecule has 1 amide bonds. The molecule has 0 aromatic heterocycles. The number of hydrogen-bond acceptors (Lipinski definition) is 7. The number of aliphatic hydroxyl groups is 1. The first-order valence-corrected chi connectivity index (χ1v) is 7.92. The van der Waals surface area contributed by atoms with E-state index in [1.165, 1.54) is 0 Å². The summed E-state index contributed by atoms with van der Waals surface area (Å²) >= 11 is 3.92. The van der Waals surface area contributed by atoms with Gasteiger partial charge >= 0.3 is 12.1 Å². The van der Waals surface area contributed by atoms with E-state index in [1.54, 1.807) is 27.7 Å². The number of rotatable bonds is 7. The zero-order valence-electron chi connectivity index (χ0n) is 14.9. The summed E-state index contributed by atoms with van der Waals surface area (Å²) in [6, 6.07) is 0. The lowest BCUT2D eigenvalue weighted by Crippen LogP contribution is -2.51. The second-order valence-electron chi connectivity index (χ2n) is 5.88. The van der Waals surface area contributed by atoms with Crippen LogP contribution in [0.1, 0.15) is 47.0 Å². The summed E-state index contributed by atoms with van der Waals surface area (Å²) in [6.07, 6.45) is 0.0545. The van der Waals surface area contributed by atoms with E-state index in [0.29, 0.717) is 12.8 Å². The van der Waals surface area contributed by atoms with Crippen LogP contribution >= 0.6 is 12.6 Å². The smallest absolute Gasteiger partial charge is 0.409 e. The van der Waals surface area contributed by atoms with E-state index in [1.807, 2.05) is 0 Å². The van der Waals surface area contributed by atoms with Crippen molar-refractivity contribution in [3.8, 4) is 11.8 Å². The number of hydrogen-bond donors (Lipinski definition) is 4. The first kappa shape index (κ1) is 25.3. The van der Waals surface area contributed by atoms with Gasteiger partial charge in [0.1, 0.15) is 5.60 Å². The molecule has 0 heterocycles. The molecule has 9 nitrogen and oxygen atoms in total. The molecule has 0 aliphatic heterocycles. The maximum Gasteiger partial charge on any atom is 0.409 e. The molecule has 0 aliphatic rings. The molecule has 0 saturated heterocycles. The van der Waals surface area contributed by atoms with E-state index < -0.39 is 22.5 Å². The first-order valence-electron chi connectivity index (χ1n) is 7.47. The molecule has 0 saturated carbocycles. The summed E-state index contributed by atoms with van der Waals surface area (Å²) in [5.41, 5.74) is -0.701. The Morgan fingerprint density at radius 2 is 1.88 bits per heavy atom. The molecule has 1 unspecified atom stereocenters. The molecule has 144 valence electrons. The zero-order chi connectivity index (χ0) is 20.1. The predicted molar refractivity (Wildman–Crippen MR) is 95.0 cm³/mol. The minimum absolute atomic E-state index is 0.0272. The molecule has 25 heavy (non-hydrogen) atoms. The van der Waals surface area contributed by atoms with Crippen molar-refractivity contribution in [3.63, 3.8) is 0 Å². The van der Waals surface area contributed by atoms with E-state index in [0.717, 1.165) is 0 Å². The number of thiol groups is 1.